The van der Waals surface area contributed by atoms with Crippen molar-refractivity contribution < 1.29 is 4.79 Å². The van der Waals surface area contributed by atoms with Crippen LogP contribution in [-0.4, -0.2) is 11.9 Å². The second-order valence-corrected chi connectivity index (χ2v) is 6.02. The number of carbonyl (C=O) groups excluding carboxylic acids is 1. The van der Waals surface area contributed by atoms with Crippen LogP contribution in [0.4, 0.5) is 0 Å². The molecular formula is C17H27ClN2O. The predicted octanol–water partition coefficient (Wildman–Crippen LogP) is 3.58. The van der Waals surface area contributed by atoms with Crippen molar-refractivity contribution in [1.82, 2.24) is 5.32 Å². The van der Waals surface area contributed by atoms with Crippen LogP contribution in [0.25, 0.3) is 0 Å². The van der Waals surface area contributed by atoms with Crippen molar-refractivity contribution in [3.8, 4) is 0 Å². The summed E-state index contributed by atoms with van der Waals surface area (Å²) in [4.78, 5) is 12.1. The second-order valence-electron chi connectivity index (χ2n) is 6.02. The number of carbonyl (C=O) groups is 1. The van der Waals surface area contributed by atoms with Crippen LogP contribution in [0.1, 0.15) is 57.1 Å². The molecule has 118 valence electrons. The Hall–Kier alpha value is -1.06. The van der Waals surface area contributed by atoms with Gasteiger partial charge < -0.3 is 11.1 Å². The highest BCUT2D eigenvalue weighted by molar-refractivity contribution is 5.85. The molecule has 0 aliphatic heterocycles. The number of benzene rings is 1. The van der Waals surface area contributed by atoms with Gasteiger partial charge in [-0.1, -0.05) is 43.2 Å². The molecule has 4 heteroatoms. The maximum atomic E-state index is 12.1. The van der Waals surface area contributed by atoms with E-state index in [4.69, 9.17) is 5.73 Å². The van der Waals surface area contributed by atoms with E-state index in [2.05, 4.69) is 17.4 Å². The van der Waals surface area contributed by atoms with Crippen LogP contribution in [-0.2, 0) is 4.79 Å². The van der Waals surface area contributed by atoms with Gasteiger partial charge in [-0.15, -0.1) is 12.4 Å². The number of nitrogens with two attached hydrogens (primary N) is 1. The highest BCUT2D eigenvalue weighted by Crippen LogP contribution is 2.35. The fourth-order valence-corrected chi connectivity index (χ4v) is 3.03. The molecular weight excluding hydrogens is 284 g/mol. The van der Waals surface area contributed by atoms with Crippen molar-refractivity contribution >= 4 is 18.3 Å². The first kappa shape index (κ1) is 18.0. The van der Waals surface area contributed by atoms with Crippen LogP contribution >= 0.6 is 12.4 Å². The Balaban J connectivity index is 0.00000220. The molecule has 0 heterocycles. The highest BCUT2D eigenvalue weighted by Gasteiger charge is 2.27. The second kappa shape index (κ2) is 9.06. The predicted molar refractivity (Wildman–Crippen MR) is 89.4 cm³/mol. The van der Waals surface area contributed by atoms with E-state index < -0.39 is 0 Å². The van der Waals surface area contributed by atoms with Gasteiger partial charge in [-0.3, -0.25) is 4.79 Å². The third-order valence-corrected chi connectivity index (χ3v) is 4.17. The lowest BCUT2D eigenvalue weighted by Gasteiger charge is -2.25. The Morgan fingerprint density at radius 1 is 1.29 bits per heavy atom. The number of rotatable bonds is 6. The zero-order chi connectivity index (χ0) is 14.4. The lowest BCUT2D eigenvalue weighted by molar-refractivity contribution is -0.122. The molecule has 3 nitrogen and oxygen atoms in total. The van der Waals surface area contributed by atoms with Crippen molar-refractivity contribution in [2.75, 3.05) is 0 Å². The van der Waals surface area contributed by atoms with Crippen molar-refractivity contribution in [3.05, 3.63) is 35.9 Å². The zero-order valence-electron chi connectivity index (χ0n) is 12.8. The van der Waals surface area contributed by atoms with Crippen LogP contribution in [0.2, 0.25) is 0 Å². The summed E-state index contributed by atoms with van der Waals surface area (Å²) in [6.07, 6.45) is 6.26. The van der Waals surface area contributed by atoms with Gasteiger partial charge in [0.25, 0.3) is 0 Å². The summed E-state index contributed by atoms with van der Waals surface area (Å²) < 4.78 is 0. The standard InChI is InChI=1S/C17H26N2O.ClH/c1-13(18)11-12-16(20)19-17(15-9-5-6-10-15)14-7-3-2-4-8-14;/h2-4,7-8,13,15,17H,5-6,9-12,18H2,1H3,(H,19,20);1H. The lowest BCUT2D eigenvalue weighted by Crippen LogP contribution is -2.33. The minimum atomic E-state index is 0. The van der Waals surface area contributed by atoms with E-state index >= 15 is 0 Å². The maximum Gasteiger partial charge on any atom is 0.220 e. The normalized spacial score (nSPS) is 17.8. The molecule has 2 unspecified atom stereocenters. The van der Waals surface area contributed by atoms with Gasteiger partial charge in [-0.05, 0) is 37.7 Å². The molecule has 2 rings (SSSR count). The van der Waals surface area contributed by atoms with E-state index in [0.717, 1.165) is 6.42 Å². The molecule has 1 aromatic rings. The molecule has 0 saturated heterocycles. The van der Waals surface area contributed by atoms with Crippen molar-refractivity contribution in [3.63, 3.8) is 0 Å². The molecule has 1 saturated carbocycles. The summed E-state index contributed by atoms with van der Waals surface area (Å²) in [5.41, 5.74) is 6.95. The Morgan fingerprint density at radius 3 is 2.48 bits per heavy atom. The molecule has 2 atom stereocenters. The average molecular weight is 311 g/mol. The fraction of sp³-hybridized carbons (Fsp3) is 0.588. The number of halogens is 1. The van der Waals surface area contributed by atoms with Crippen molar-refractivity contribution in [2.45, 2.75) is 57.5 Å². The van der Waals surface area contributed by atoms with Gasteiger partial charge in [0.2, 0.25) is 5.91 Å². The molecule has 0 spiro atoms. The van der Waals surface area contributed by atoms with Crippen LogP contribution in [0.3, 0.4) is 0 Å². The third-order valence-electron chi connectivity index (χ3n) is 4.17. The topological polar surface area (TPSA) is 55.1 Å². The number of hydrogen-bond acceptors (Lipinski definition) is 2. The molecule has 0 bridgehead atoms. The Kier molecular flexibility index (Phi) is 7.76. The summed E-state index contributed by atoms with van der Waals surface area (Å²) in [5, 5.41) is 3.24. The number of amides is 1. The van der Waals surface area contributed by atoms with Gasteiger partial charge in [0, 0.05) is 12.5 Å². The van der Waals surface area contributed by atoms with E-state index in [0.29, 0.717) is 12.3 Å². The van der Waals surface area contributed by atoms with Gasteiger partial charge in [-0.25, -0.2) is 0 Å². The summed E-state index contributed by atoms with van der Waals surface area (Å²) in [6, 6.07) is 10.6. The molecule has 0 radical (unpaired) electrons. The van der Waals surface area contributed by atoms with Crippen molar-refractivity contribution in [1.29, 1.82) is 0 Å². The maximum absolute atomic E-state index is 12.1. The molecule has 3 N–H and O–H groups in total. The van der Waals surface area contributed by atoms with Crippen LogP contribution in [0.15, 0.2) is 30.3 Å². The number of hydrogen-bond donors (Lipinski definition) is 2. The zero-order valence-corrected chi connectivity index (χ0v) is 13.6. The third kappa shape index (κ3) is 5.68. The van der Waals surface area contributed by atoms with Gasteiger partial charge in [0.15, 0.2) is 0 Å². The number of nitrogens with one attached hydrogen (secondary N) is 1. The van der Waals surface area contributed by atoms with E-state index in [1.807, 2.05) is 25.1 Å². The minimum Gasteiger partial charge on any atom is -0.349 e. The van der Waals surface area contributed by atoms with E-state index in [1.54, 1.807) is 0 Å². The largest absolute Gasteiger partial charge is 0.349 e. The van der Waals surface area contributed by atoms with Gasteiger partial charge in [-0.2, -0.15) is 0 Å². The van der Waals surface area contributed by atoms with E-state index in [-0.39, 0.29) is 30.4 Å². The lowest BCUT2D eigenvalue weighted by atomic mass is 9.91. The average Bonchev–Trinajstić information content (AvgIpc) is 2.97. The molecule has 21 heavy (non-hydrogen) atoms. The molecule has 1 fully saturated rings. The SMILES string of the molecule is CC(N)CCC(=O)NC(c1ccccc1)C1CCCC1.Cl. The Bertz CT molecular complexity index is 416. The van der Waals surface area contributed by atoms with Crippen LogP contribution in [0.5, 0.6) is 0 Å². The van der Waals surface area contributed by atoms with E-state index in [1.165, 1.54) is 31.2 Å². The van der Waals surface area contributed by atoms with E-state index in [9.17, 15) is 4.79 Å². The minimum absolute atomic E-state index is 0. The molecule has 1 aliphatic carbocycles. The van der Waals surface area contributed by atoms with Gasteiger partial charge in [0.05, 0.1) is 6.04 Å². The molecule has 1 aromatic carbocycles. The van der Waals surface area contributed by atoms with Gasteiger partial charge >= 0.3 is 0 Å². The molecule has 0 aromatic heterocycles. The summed E-state index contributed by atoms with van der Waals surface area (Å²) in [6.45, 7) is 1.94. The smallest absolute Gasteiger partial charge is 0.220 e. The summed E-state index contributed by atoms with van der Waals surface area (Å²) >= 11 is 0. The monoisotopic (exact) mass is 310 g/mol. The first-order chi connectivity index (χ1) is 9.66. The van der Waals surface area contributed by atoms with Crippen LogP contribution < -0.4 is 11.1 Å². The fourth-order valence-electron chi connectivity index (χ4n) is 3.03. The molecule has 1 aliphatic rings. The summed E-state index contributed by atoms with van der Waals surface area (Å²) in [7, 11) is 0. The summed E-state index contributed by atoms with van der Waals surface area (Å²) in [5.74, 6) is 0.708. The Labute approximate surface area is 134 Å². The molecule has 1 amide bonds. The first-order valence-corrected chi connectivity index (χ1v) is 7.76. The van der Waals surface area contributed by atoms with Crippen molar-refractivity contribution in [2.24, 2.45) is 11.7 Å². The highest BCUT2D eigenvalue weighted by atomic mass is 35.5. The quantitative estimate of drug-likeness (QED) is 0.843. The van der Waals surface area contributed by atoms with Gasteiger partial charge in [0.1, 0.15) is 0 Å². The van der Waals surface area contributed by atoms with Crippen LogP contribution in [0, 0.1) is 5.92 Å². The first-order valence-electron chi connectivity index (χ1n) is 7.76. The Morgan fingerprint density at radius 2 is 1.90 bits per heavy atom.